The van der Waals surface area contributed by atoms with Crippen molar-refractivity contribution >= 4 is 29.1 Å². The first-order valence-electron chi connectivity index (χ1n) is 10.8. The summed E-state index contributed by atoms with van der Waals surface area (Å²) in [5.41, 5.74) is 2.25. The van der Waals surface area contributed by atoms with Gasteiger partial charge in [0.05, 0.1) is 0 Å². The SMILES string of the molecule is CC1(C)CC(=O)c2cc(C(=O)Nc3ccc(CCN4CCSCC4)cc3)c(=O)[nH]c2C1. The van der Waals surface area contributed by atoms with E-state index in [1.807, 2.05) is 49.9 Å². The van der Waals surface area contributed by atoms with Crippen LogP contribution in [-0.4, -0.2) is 52.7 Å². The van der Waals surface area contributed by atoms with E-state index in [4.69, 9.17) is 0 Å². The van der Waals surface area contributed by atoms with Crippen LogP contribution < -0.4 is 10.9 Å². The van der Waals surface area contributed by atoms with Crippen LogP contribution in [-0.2, 0) is 12.8 Å². The predicted molar refractivity (Wildman–Crippen MR) is 125 cm³/mol. The Hall–Kier alpha value is -2.38. The molecule has 0 atom stereocenters. The molecule has 0 unspecified atom stereocenters. The van der Waals surface area contributed by atoms with E-state index in [-0.39, 0.29) is 16.8 Å². The number of carbonyl (C=O) groups excluding carboxylic acids is 2. The molecule has 1 aromatic heterocycles. The molecule has 31 heavy (non-hydrogen) atoms. The van der Waals surface area contributed by atoms with Crippen molar-refractivity contribution in [2.75, 3.05) is 36.5 Å². The van der Waals surface area contributed by atoms with Crippen LogP contribution in [0.3, 0.4) is 0 Å². The Balaban J connectivity index is 1.42. The molecule has 1 aromatic carbocycles. The smallest absolute Gasteiger partial charge is 0.261 e. The Bertz CT molecular complexity index is 1040. The highest BCUT2D eigenvalue weighted by Crippen LogP contribution is 2.33. The van der Waals surface area contributed by atoms with Crippen molar-refractivity contribution in [3.05, 3.63) is 63.1 Å². The van der Waals surface area contributed by atoms with Crippen molar-refractivity contribution in [1.82, 2.24) is 9.88 Å². The third-order valence-electron chi connectivity index (χ3n) is 5.99. The highest BCUT2D eigenvalue weighted by atomic mass is 32.2. The number of Topliss-reactive ketones (excluding diaryl/α,β-unsaturated/α-hetero) is 1. The number of hydrogen-bond donors (Lipinski definition) is 2. The summed E-state index contributed by atoms with van der Waals surface area (Å²) in [4.78, 5) is 43.0. The highest BCUT2D eigenvalue weighted by molar-refractivity contribution is 7.99. The van der Waals surface area contributed by atoms with Crippen molar-refractivity contribution < 1.29 is 9.59 Å². The van der Waals surface area contributed by atoms with Crippen LogP contribution in [0.5, 0.6) is 0 Å². The molecule has 1 amide bonds. The lowest BCUT2D eigenvalue weighted by Gasteiger charge is -2.29. The average Bonchev–Trinajstić information content (AvgIpc) is 2.72. The molecule has 0 radical (unpaired) electrons. The number of amides is 1. The van der Waals surface area contributed by atoms with Gasteiger partial charge in [0, 0.05) is 54.5 Å². The largest absolute Gasteiger partial charge is 0.325 e. The summed E-state index contributed by atoms with van der Waals surface area (Å²) in [6.45, 7) is 7.34. The Morgan fingerprint density at radius 2 is 1.84 bits per heavy atom. The molecule has 1 fully saturated rings. The van der Waals surface area contributed by atoms with Gasteiger partial charge in [0.1, 0.15) is 5.56 Å². The fourth-order valence-electron chi connectivity index (χ4n) is 4.26. The summed E-state index contributed by atoms with van der Waals surface area (Å²) in [7, 11) is 0. The molecular formula is C24H29N3O3S. The van der Waals surface area contributed by atoms with Gasteiger partial charge in [0.25, 0.3) is 11.5 Å². The number of H-pyrrole nitrogens is 1. The number of ketones is 1. The third kappa shape index (κ3) is 5.28. The van der Waals surface area contributed by atoms with E-state index in [0.717, 1.165) is 26.1 Å². The van der Waals surface area contributed by atoms with E-state index in [0.29, 0.717) is 29.8 Å². The van der Waals surface area contributed by atoms with Gasteiger partial charge in [-0.3, -0.25) is 14.4 Å². The van der Waals surface area contributed by atoms with Gasteiger partial charge in [-0.15, -0.1) is 0 Å². The second-order valence-corrected chi connectivity index (χ2v) is 10.4. The monoisotopic (exact) mass is 439 g/mol. The van der Waals surface area contributed by atoms with E-state index < -0.39 is 11.5 Å². The Kier molecular flexibility index (Phi) is 6.34. The standard InChI is InChI=1S/C24H29N3O3S/c1-24(2)14-20-18(21(28)15-24)13-19(23(30)26-20)22(29)25-17-5-3-16(4-6-17)7-8-27-9-11-31-12-10-27/h3-6,13H,7-12,14-15H2,1-2H3,(H,25,29)(H,26,30). The van der Waals surface area contributed by atoms with Crippen molar-refractivity contribution in [1.29, 1.82) is 0 Å². The molecule has 2 aromatic rings. The number of thioether (sulfide) groups is 1. The number of anilines is 1. The third-order valence-corrected chi connectivity index (χ3v) is 6.94. The van der Waals surface area contributed by atoms with Crippen molar-refractivity contribution in [2.45, 2.75) is 33.1 Å². The van der Waals surface area contributed by atoms with Crippen molar-refractivity contribution in [3.63, 3.8) is 0 Å². The molecular weight excluding hydrogens is 410 g/mol. The first-order valence-corrected chi connectivity index (χ1v) is 12.0. The lowest BCUT2D eigenvalue weighted by molar-refractivity contribution is 0.0910. The second kappa shape index (κ2) is 9.01. The summed E-state index contributed by atoms with van der Waals surface area (Å²) in [6.07, 6.45) is 2.00. The number of pyridine rings is 1. The molecule has 0 spiro atoms. The number of fused-ring (bicyclic) bond motifs is 1. The minimum absolute atomic E-state index is 0.0288. The normalized spacial score (nSPS) is 18.5. The molecule has 1 aliphatic heterocycles. The summed E-state index contributed by atoms with van der Waals surface area (Å²) in [5, 5.41) is 2.79. The maximum Gasteiger partial charge on any atom is 0.261 e. The fourth-order valence-corrected chi connectivity index (χ4v) is 5.24. The van der Waals surface area contributed by atoms with Gasteiger partial charge in [-0.1, -0.05) is 26.0 Å². The summed E-state index contributed by atoms with van der Waals surface area (Å²) in [6, 6.07) is 9.19. The fraction of sp³-hybridized carbons (Fsp3) is 0.458. The molecule has 164 valence electrons. The quantitative estimate of drug-likeness (QED) is 0.746. The van der Waals surface area contributed by atoms with Crippen molar-refractivity contribution in [2.24, 2.45) is 5.41 Å². The average molecular weight is 440 g/mol. The lowest BCUT2D eigenvalue weighted by atomic mass is 9.75. The summed E-state index contributed by atoms with van der Waals surface area (Å²) in [5.74, 6) is 1.88. The van der Waals surface area contributed by atoms with E-state index in [9.17, 15) is 14.4 Å². The Labute approximate surface area is 186 Å². The van der Waals surface area contributed by atoms with Crippen LogP contribution in [0.2, 0.25) is 0 Å². The number of carbonyl (C=O) groups is 2. The maximum absolute atomic E-state index is 12.7. The molecule has 4 rings (SSSR count). The molecule has 0 saturated carbocycles. The number of aromatic nitrogens is 1. The molecule has 2 N–H and O–H groups in total. The molecule has 6 nitrogen and oxygen atoms in total. The van der Waals surface area contributed by atoms with Crippen LogP contribution >= 0.6 is 11.8 Å². The van der Waals surface area contributed by atoms with E-state index in [1.54, 1.807) is 0 Å². The lowest BCUT2D eigenvalue weighted by Crippen LogP contribution is -2.34. The number of rotatable bonds is 5. The number of benzene rings is 1. The maximum atomic E-state index is 12.7. The molecule has 2 heterocycles. The van der Waals surface area contributed by atoms with Gasteiger partial charge < -0.3 is 15.2 Å². The second-order valence-electron chi connectivity index (χ2n) is 9.20. The van der Waals surface area contributed by atoms with Crippen LogP contribution in [0.15, 0.2) is 35.1 Å². The number of nitrogens with one attached hydrogen (secondary N) is 2. The van der Waals surface area contributed by atoms with E-state index >= 15 is 0 Å². The number of aromatic amines is 1. The van der Waals surface area contributed by atoms with E-state index in [2.05, 4.69) is 15.2 Å². The predicted octanol–water partition coefficient (Wildman–Crippen LogP) is 3.37. The summed E-state index contributed by atoms with van der Waals surface area (Å²) >= 11 is 2.01. The first kappa shape index (κ1) is 21.8. The molecule has 7 heteroatoms. The first-order chi connectivity index (χ1) is 14.8. The van der Waals surface area contributed by atoms with Crippen LogP contribution in [0.25, 0.3) is 0 Å². The zero-order valence-electron chi connectivity index (χ0n) is 18.1. The molecule has 2 aliphatic rings. The highest BCUT2D eigenvalue weighted by Gasteiger charge is 2.32. The zero-order valence-corrected chi connectivity index (χ0v) is 18.9. The number of hydrogen-bond acceptors (Lipinski definition) is 5. The van der Waals surface area contributed by atoms with Crippen LogP contribution in [0, 0.1) is 5.41 Å². The van der Waals surface area contributed by atoms with Crippen LogP contribution in [0.1, 0.15) is 52.2 Å². The van der Waals surface area contributed by atoms with E-state index in [1.165, 1.54) is 23.1 Å². The minimum atomic E-state index is -0.500. The number of nitrogens with zero attached hydrogens (tertiary/aromatic N) is 1. The van der Waals surface area contributed by atoms with Gasteiger partial charge in [-0.05, 0) is 42.0 Å². The summed E-state index contributed by atoms with van der Waals surface area (Å²) < 4.78 is 0. The van der Waals surface area contributed by atoms with Crippen LogP contribution in [0.4, 0.5) is 5.69 Å². The molecule has 1 aliphatic carbocycles. The zero-order chi connectivity index (χ0) is 22.0. The van der Waals surface area contributed by atoms with Crippen molar-refractivity contribution in [3.8, 4) is 0 Å². The van der Waals surface area contributed by atoms with Gasteiger partial charge in [-0.25, -0.2) is 0 Å². The van der Waals surface area contributed by atoms with Gasteiger partial charge in [0.2, 0.25) is 0 Å². The molecule has 0 bridgehead atoms. The van der Waals surface area contributed by atoms with Gasteiger partial charge >= 0.3 is 0 Å². The Morgan fingerprint density at radius 3 is 2.55 bits per heavy atom. The van der Waals surface area contributed by atoms with Gasteiger partial charge in [-0.2, -0.15) is 11.8 Å². The minimum Gasteiger partial charge on any atom is -0.325 e. The molecule has 1 saturated heterocycles. The topological polar surface area (TPSA) is 82.3 Å². The van der Waals surface area contributed by atoms with Gasteiger partial charge in [0.15, 0.2) is 5.78 Å². The Morgan fingerprint density at radius 1 is 1.13 bits per heavy atom.